The molecule has 8 heteroatoms. The average molecular weight is 336 g/mol. The zero-order valence-corrected chi connectivity index (χ0v) is 14.3. The molecule has 0 fully saturated rings. The van der Waals surface area contributed by atoms with Gasteiger partial charge in [0, 0.05) is 29.8 Å². The van der Waals surface area contributed by atoms with Gasteiger partial charge in [0.05, 0.1) is 0 Å². The zero-order valence-electron chi connectivity index (χ0n) is 12.8. The highest BCUT2D eigenvalue weighted by molar-refractivity contribution is 8.13. The summed E-state index contributed by atoms with van der Waals surface area (Å²) in [5.74, 6) is 0.857. The average Bonchev–Trinajstić information content (AvgIpc) is 2.81. The number of halogens is 1. The first-order chi connectivity index (χ1) is 9.66. The van der Waals surface area contributed by atoms with Crippen LogP contribution in [-0.4, -0.2) is 30.4 Å². The largest absolute Gasteiger partial charge is 0.354 e. The first-order valence-corrected chi connectivity index (χ1v) is 9.27. The maximum absolute atomic E-state index is 12.1. The summed E-state index contributed by atoms with van der Waals surface area (Å²) in [5, 5.41) is 2.62. The van der Waals surface area contributed by atoms with Crippen LogP contribution in [0.4, 0.5) is 0 Å². The van der Waals surface area contributed by atoms with Gasteiger partial charge in [-0.2, -0.15) is 0 Å². The Kier molecular flexibility index (Phi) is 6.22. The Morgan fingerprint density at radius 3 is 2.52 bits per heavy atom. The van der Waals surface area contributed by atoms with Crippen molar-refractivity contribution in [2.75, 3.05) is 6.54 Å². The van der Waals surface area contributed by atoms with Gasteiger partial charge in [-0.1, -0.05) is 20.8 Å². The van der Waals surface area contributed by atoms with E-state index in [2.05, 4.69) is 24.1 Å². The fourth-order valence-corrected chi connectivity index (χ4v) is 2.56. The standard InChI is InChI=1S/C13H22ClN3O3S/c1-5-11-16-12(21(14,19)20)8-17(11)10(4)13(18)15-7-6-9(2)3/h8-10H,5-7H2,1-4H3,(H,15,18). The maximum atomic E-state index is 12.1. The number of carbonyl (C=O) groups excluding carboxylic acids is 1. The summed E-state index contributed by atoms with van der Waals surface area (Å²) in [6, 6.07) is -0.535. The quantitative estimate of drug-likeness (QED) is 0.774. The molecule has 1 amide bonds. The van der Waals surface area contributed by atoms with Crippen LogP contribution in [0.2, 0.25) is 0 Å². The van der Waals surface area contributed by atoms with Gasteiger partial charge in [0.2, 0.25) is 5.91 Å². The number of carbonyl (C=O) groups is 1. The third kappa shape index (κ3) is 5.00. The second kappa shape index (κ2) is 7.26. The lowest BCUT2D eigenvalue weighted by Crippen LogP contribution is -2.32. The Labute approximate surface area is 130 Å². The fraction of sp³-hybridized carbons (Fsp3) is 0.692. The van der Waals surface area contributed by atoms with Gasteiger partial charge >= 0.3 is 0 Å². The summed E-state index contributed by atoms with van der Waals surface area (Å²) in [4.78, 5) is 16.1. The minimum absolute atomic E-state index is 0.165. The van der Waals surface area contributed by atoms with Crippen LogP contribution in [0.1, 0.15) is 46.0 Å². The molecule has 0 saturated carbocycles. The molecule has 1 heterocycles. The normalized spacial score (nSPS) is 13.4. The van der Waals surface area contributed by atoms with Crippen molar-refractivity contribution in [3.05, 3.63) is 12.0 Å². The van der Waals surface area contributed by atoms with Crippen molar-refractivity contribution in [1.82, 2.24) is 14.9 Å². The van der Waals surface area contributed by atoms with Crippen molar-refractivity contribution in [1.29, 1.82) is 0 Å². The number of aryl methyl sites for hydroxylation is 1. The molecule has 0 saturated heterocycles. The van der Waals surface area contributed by atoms with E-state index < -0.39 is 15.1 Å². The van der Waals surface area contributed by atoms with Crippen LogP contribution in [-0.2, 0) is 20.3 Å². The number of aromatic nitrogens is 2. The zero-order chi connectivity index (χ0) is 16.2. The van der Waals surface area contributed by atoms with Crippen LogP contribution in [0.25, 0.3) is 0 Å². The molecule has 1 N–H and O–H groups in total. The number of rotatable bonds is 7. The predicted octanol–water partition coefficient (Wildman–Crippen LogP) is 2.10. The molecule has 0 bridgehead atoms. The Morgan fingerprint density at radius 1 is 1.43 bits per heavy atom. The second-order valence-electron chi connectivity index (χ2n) is 5.34. The van der Waals surface area contributed by atoms with Crippen LogP contribution in [0.5, 0.6) is 0 Å². The summed E-state index contributed by atoms with van der Waals surface area (Å²) in [6.45, 7) is 8.30. The first kappa shape index (κ1) is 18.0. The Balaban J connectivity index is 2.88. The number of imidazole rings is 1. The van der Waals surface area contributed by atoms with Crippen molar-refractivity contribution < 1.29 is 13.2 Å². The van der Waals surface area contributed by atoms with Crippen LogP contribution in [0.3, 0.4) is 0 Å². The molecule has 1 aromatic heterocycles. The number of amides is 1. The lowest BCUT2D eigenvalue weighted by Gasteiger charge is -2.16. The van der Waals surface area contributed by atoms with Crippen molar-refractivity contribution in [2.24, 2.45) is 5.92 Å². The van der Waals surface area contributed by atoms with E-state index in [1.54, 1.807) is 11.5 Å². The number of nitrogens with zero attached hydrogens (tertiary/aromatic N) is 2. The van der Waals surface area contributed by atoms with Crippen molar-refractivity contribution in [3.63, 3.8) is 0 Å². The number of nitrogens with one attached hydrogen (secondary N) is 1. The summed E-state index contributed by atoms with van der Waals surface area (Å²) in [5.41, 5.74) is 0. The fourth-order valence-electron chi connectivity index (χ4n) is 1.88. The molecular formula is C13H22ClN3O3S. The molecule has 0 aromatic carbocycles. The predicted molar refractivity (Wildman–Crippen MR) is 81.8 cm³/mol. The monoisotopic (exact) mass is 335 g/mol. The Hall–Kier alpha value is -1.08. The first-order valence-electron chi connectivity index (χ1n) is 6.96. The topological polar surface area (TPSA) is 81.1 Å². The van der Waals surface area contributed by atoms with Gasteiger partial charge in [-0.05, 0) is 19.3 Å². The minimum Gasteiger partial charge on any atom is -0.354 e. The van der Waals surface area contributed by atoms with Gasteiger partial charge in [-0.15, -0.1) is 0 Å². The lowest BCUT2D eigenvalue weighted by molar-refractivity contribution is -0.123. The summed E-state index contributed by atoms with van der Waals surface area (Å²) >= 11 is 0. The molecule has 1 atom stereocenters. The van der Waals surface area contributed by atoms with Crippen LogP contribution < -0.4 is 5.32 Å². The molecule has 0 radical (unpaired) electrons. The van der Waals surface area contributed by atoms with Gasteiger partial charge in [0.25, 0.3) is 9.05 Å². The Morgan fingerprint density at radius 2 is 2.05 bits per heavy atom. The molecule has 6 nitrogen and oxygen atoms in total. The van der Waals surface area contributed by atoms with Crippen LogP contribution in [0, 0.1) is 5.92 Å². The van der Waals surface area contributed by atoms with Gasteiger partial charge < -0.3 is 9.88 Å². The van der Waals surface area contributed by atoms with Crippen molar-refractivity contribution in [3.8, 4) is 0 Å². The molecule has 1 aromatic rings. The molecule has 0 aliphatic heterocycles. The third-order valence-corrected chi connectivity index (χ3v) is 4.34. The lowest BCUT2D eigenvalue weighted by atomic mass is 10.1. The molecule has 0 spiro atoms. The van der Waals surface area contributed by atoms with Crippen molar-refractivity contribution in [2.45, 2.75) is 51.6 Å². The molecule has 120 valence electrons. The summed E-state index contributed by atoms with van der Waals surface area (Å²) < 4.78 is 24.2. The van der Waals surface area contributed by atoms with E-state index in [1.807, 2.05) is 6.92 Å². The maximum Gasteiger partial charge on any atom is 0.280 e. The Bertz CT molecular complexity index is 596. The highest BCUT2D eigenvalue weighted by Crippen LogP contribution is 2.19. The van der Waals surface area contributed by atoms with E-state index in [4.69, 9.17) is 10.7 Å². The van der Waals surface area contributed by atoms with Gasteiger partial charge in [-0.25, -0.2) is 13.4 Å². The SMILES string of the molecule is CCc1nc(S(=O)(=O)Cl)cn1C(C)C(=O)NCCC(C)C. The van der Waals surface area contributed by atoms with E-state index in [0.717, 1.165) is 6.42 Å². The minimum atomic E-state index is -3.89. The van der Waals surface area contributed by atoms with Crippen molar-refractivity contribution >= 4 is 25.6 Å². The molecule has 0 aliphatic carbocycles. The van der Waals surface area contributed by atoms with Gasteiger partial charge in [0.1, 0.15) is 11.9 Å². The summed E-state index contributed by atoms with van der Waals surface area (Å²) in [6.07, 6.45) is 2.72. The van der Waals surface area contributed by atoms with E-state index >= 15 is 0 Å². The highest BCUT2D eigenvalue weighted by atomic mass is 35.7. The van der Waals surface area contributed by atoms with E-state index in [1.165, 1.54) is 6.20 Å². The third-order valence-electron chi connectivity index (χ3n) is 3.17. The summed E-state index contributed by atoms with van der Waals surface area (Å²) in [7, 11) is 1.41. The molecule has 1 rings (SSSR count). The smallest absolute Gasteiger partial charge is 0.280 e. The molecule has 1 unspecified atom stereocenters. The molecule has 0 aliphatic rings. The van der Waals surface area contributed by atoms with Gasteiger partial charge in [0.15, 0.2) is 5.03 Å². The van der Waals surface area contributed by atoms with Crippen LogP contribution in [0.15, 0.2) is 11.2 Å². The van der Waals surface area contributed by atoms with E-state index in [-0.39, 0.29) is 10.9 Å². The van der Waals surface area contributed by atoms with E-state index in [9.17, 15) is 13.2 Å². The number of hydrogen-bond acceptors (Lipinski definition) is 4. The molecule has 21 heavy (non-hydrogen) atoms. The van der Waals surface area contributed by atoms with Gasteiger partial charge in [-0.3, -0.25) is 4.79 Å². The second-order valence-corrected chi connectivity index (χ2v) is 7.86. The molecular weight excluding hydrogens is 314 g/mol. The van der Waals surface area contributed by atoms with E-state index in [0.29, 0.717) is 24.7 Å². The highest BCUT2D eigenvalue weighted by Gasteiger charge is 2.22. The van der Waals surface area contributed by atoms with Crippen LogP contribution >= 0.6 is 10.7 Å². The number of hydrogen-bond donors (Lipinski definition) is 1.